The van der Waals surface area contributed by atoms with Crippen molar-refractivity contribution in [2.45, 2.75) is 12.5 Å². The molecule has 1 aromatic carbocycles. The van der Waals surface area contributed by atoms with Gasteiger partial charge >= 0.3 is 0 Å². The summed E-state index contributed by atoms with van der Waals surface area (Å²) in [5.41, 5.74) is 0.594. The van der Waals surface area contributed by atoms with E-state index in [1.807, 2.05) is 11.9 Å². The molecular formula is C12H14Cl2N2O. The molecule has 1 atom stereocenters. The third-order valence-electron chi connectivity index (χ3n) is 3.05. The van der Waals surface area contributed by atoms with Crippen LogP contribution in [0.4, 0.5) is 0 Å². The second-order valence-corrected chi connectivity index (χ2v) is 4.97. The first kappa shape index (κ1) is 12.7. The fourth-order valence-electron chi connectivity index (χ4n) is 1.99. The SMILES string of the molecule is CNC1CCN(C(=O)c2ccc(Cl)c(Cl)c2)C1. The summed E-state index contributed by atoms with van der Waals surface area (Å²) in [6.45, 7) is 1.53. The van der Waals surface area contributed by atoms with Gasteiger partial charge in [-0.2, -0.15) is 0 Å². The number of nitrogens with zero attached hydrogens (tertiary/aromatic N) is 1. The van der Waals surface area contributed by atoms with Crippen LogP contribution in [-0.4, -0.2) is 37.0 Å². The second-order valence-electron chi connectivity index (χ2n) is 4.15. The predicted molar refractivity (Wildman–Crippen MR) is 69.8 cm³/mol. The van der Waals surface area contributed by atoms with Crippen molar-refractivity contribution >= 4 is 29.1 Å². The smallest absolute Gasteiger partial charge is 0.253 e. The first-order valence-corrected chi connectivity index (χ1v) is 6.29. The molecule has 1 aliphatic rings. The summed E-state index contributed by atoms with van der Waals surface area (Å²) in [6.07, 6.45) is 0.990. The number of hydrogen-bond donors (Lipinski definition) is 1. The van der Waals surface area contributed by atoms with Crippen LogP contribution in [0.1, 0.15) is 16.8 Å². The number of amides is 1. The lowest BCUT2D eigenvalue weighted by atomic mass is 10.2. The van der Waals surface area contributed by atoms with Gasteiger partial charge in [0.1, 0.15) is 0 Å². The number of likely N-dealkylation sites (tertiary alicyclic amines) is 1. The topological polar surface area (TPSA) is 32.3 Å². The molecule has 0 bridgehead atoms. The average molecular weight is 273 g/mol. The highest BCUT2D eigenvalue weighted by atomic mass is 35.5. The number of carbonyl (C=O) groups is 1. The Balaban J connectivity index is 2.12. The number of halogens is 2. The molecule has 0 aliphatic carbocycles. The van der Waals surface area contributed by atoms with Crippen molar-refractivity contribution in [3.8, 4) is 0 Å². The summed E-state index contributed by atoms with van der Waals surface area (Å²) in [6, 6.07) is 5.38. The Morgan fingerprint density at radius 2 is 2.18 bits per heavy atom. The Labute approximate surface area is 111 Å². The molecule has 0 radical (unpaired) electrons. The normalized spacial score (nSPS) is 19.7. The quantitative estimate of drug-likeness (QED) is 0.897. The van der Waals surface area contributed by atoms with Crippen molar-refractivity contribution in [3.63, 3.8) is 0 Å². The van der Waals surface area contributed by atoms with Crippen LogP contribution in [0, 0.1) is 0 Å². The van der Waals surface area contributed by atoms with Crippen LogP contribution < -0.4 is 5.32 Å². The van der Waals surface area contributed by atoms with Crippen LogP contribution in [0.5, 0.6) is 0 Å². The average Bonchev–Trinajstić information content (AvgIpc) is 2.80. The number of carbonyl (C=O) groups excluding carboxylic acids is 1. The Morgan fingerprint density at radius 1 is 1.41 bits per heavy atom. The monoisotopic (exact) mass is 272 g/mol. The largest absolute Gasteiger partial charge is 0.337 e. The summed E-state index contributed by atoms with van der Waals surface area (Å²) in [5.74, 6) is 0.0151. The van der Waals surface area contributed by atoms with E-state index in [-0.39, 0.29) is 5.91 Å². The Bertz CT molecular complexity index is 437. The van der Waals surface area contributed by atoms with Crippen molar-refractivity contribution < 1.29 is 4.79 Å². The van der Waals surface area contributed by atoms with Crippen LogP contribution in [-0.2, 0) is 0 Å². The van der Waals surface area contributed by atoms with Crippen molar-refractivity contribution in [2.75, 3.05) is 20.1 Å². The van der Waals surface area contributed by atoms with Gasteiger partial charge in [0.05, 0.1) is 10.0 Å². The molecule has 1 heterocycles. The van der Waals surface area contributed by atoms with Gasteiger partial charge in [0, 0.05) is 24.7 Å². The maximum absolute atomic E-state index is 12.2. The zero-order valence-electron chi connectivity index (χ0n) is 9.54. The molecule has 1 aliphatic heterocycles. The molecular weight excluding hydrogens is 259 g/mol. The Kier molecular flexibility index (Phi) is 3.92. The molecule has 0 aromatic heterocycles. The Morgan fingerprint density at radius 3 is 2.76 bits per heavy atom. The molecule has 0 spiro atoms. The van der Waals surface area contributed by atoms with Gasteiger partial charge in [0.25, 0.3) is 5.91 Å². The predicted octanol–water partition coefficient (Wildman–Crippen LogP) is 2.43. The highest BCUT2D eigenvalue weighted by Gasteiger charge is 2.25. The summed E-state index contributed by atoms with van der Waals surface area (Å²) in [5, 5.41) is 4.07. The van der Waals surface area contributed by atoms with E-state index in [4.69, 9.17) is 23.2 Å². The van der Waals surface area contributed by atoms with E-state index >= 15 is 0 Å². The molecule has 3 nitrogen and oxygen atoms in total. The van der Waals surface area contributed by atoms with Gasteiger partial charge in [0.2, 0.25) is 0 Å². The molecule has 1 aromatic rings. The van der Waals surface area contributed by atoms with Crippen molar-refractivity contribution in [3.05, 3.63) is 33.8 Å². The molecule has 92 valence electrons. The van der Waals surface area contributed by atoms with E-state index < -0.39 is 0 Å². The van der Waals surface area contributed by atoms with E-state index in [9.17, 15) is 4.79 Å². The van der Waals surface area contributed by atoms with Gasteiger partial charge in [0.15, 0.2) is 0 Å². The fraction of sp³-hybridized carbons (Fsp3) is 0.417. The van der Waals surface area contributed by atoms with Crippen LogP contribution >= 0.6 is 23.2 Å². The van der Waals surface area contributed by atoms with Crippen LogP contribution in [0.3, 0.4) is 0 Å². The van der Waals surface area contributed by atoms with E-state index in [1.54, 1.807) is 18.2 Å². The van der Waals surface area contributed by atoms with Gasteiger partial charge in [-0.3, -0.25) is 4.79 Å². The number of benzene rings is 1. The maximum Gasteiger partial charge on any atom is 0.253 e. The van der Waals surface area contributed by atoms with E-state index in [1.165, 1.54) is 0 Å². The zero-order chi connectivity index (χ0) is 12.4. The molecule has 1 N–H and O–H groups in total. The van der Waals surface area contributed by atoms with Crippen molar-refractivity contribution in [2.24, 2.45) is 0 Å². The summed E-state index contributed by atoms with van der Waals surface area (Å²) in [7, 11) is 1.91. The number of rotatable bonds is 2. The van der Waals surface area contributed by atoms with Gasteiger partial charge in [-0.05, 0) is 31.7 Å². The lowest BCUT2D eigenvalue weighted by molar-refractivity contribution is 0.0789. The summed E-state index contributed by atoms with van der Waals surface area (Å²) in [4.78, 5) is 14.0. The van der Waals surface area contributed by atoms with Crippen LogP contribution in [0.15, 0.2) is 18.2 Å². The third kappa shape index (κ3) is 2.73. The summed E-state index contributed by atoms with van der Waals surface area (Å²) >= 11 is 11.7. The molecule has 2 rings (SSSR count). The third-order valence-corrected chi connectivity index (χ3v) is 3.79. The number of likely N-dealkylation sites (N-methyl/N-ethyl adjacent to an activating group) is 1. The van der Waals surface area contributed by atoms with Crippen LogP contribution in [0.2, 0.25) is 10.0 Å². The maximum atomic E-state index is 12.2. The van der Waals surface area contributed by atoms with Crippen molar-refractivity contribution in [1.29, 1.82) is 0 Å². The minimum absolute atomic E-state index is 0.0151. The molecule has 17 heavy (non-hydrogen) atoms. The molecule has 1 saturated heterocycles. The highest BCUT2D eigenvalue weighted by molar-refractivity contribution is 6.42. The van der Waals surface area contributed by atoms with E-state index in [0.29, 0.717) is 21.7 Å². The zero-order valence-corrected chi connectivity index (χ0v) is 11.1. The van der Waals surface area contributed by atoms with Crippen molar-refractivity contribution in [1.82, 2.24) is 10.2 Å². The van der Waals surface area contributed by atoms with Gasteiger partial charge in [-0.15, -0.1) is 0 Å². The lowest BCUT2D eigenvalue weighted by Crippen LogP contribution is -2.33. The number of hydrogen-bond acceptors (Lipinski definition) is 2. The second kappa shape index (κ2) is 5.25. The summed E-state index contributed by atoms with van der Waals surface area (Å²) < 4.78 is 0. The van der Waals surface area contributed by atoms with Crippen LogP contribution in [0.25, 0.3) is 0 Å². The number of nitrogens with one attached hydrogen (secondary N) is 1. The van der Waals surface area contributed by atoms with Gasteiger partial charge < -0.3 is 10.2 Å². The standard InChI is InChI=1S/C12H14Cl2N2O/c1-15-9-4-5-16(7-9)12(17)8-2-3-10(13)11(14)6-8/h2-3,6,9,15H,4-5,7H2,1H3. The molecule has 5 heteroatoms. The first-order chi connectivity index (χ1) is 8.11. The molecule has 1 fully saturated rings. The Hall–Kier alpha value is -0.770. The highest BCUT2D eigenvalue weighted by Crippen LogP contribution is 2.24. The van der Waals surface area contributed by atoms with Gasteiger partial charge in [-0.25, -0.2) is 0 Å². The van der Waals surface area contributed by atoms with Gasteiger partial charge in [-0.1, -0.05) is 23.2 Å². The molecule has 1 unspecified atom stereocenters. The molecule has 1 amide bonds. The van der Waals surface area contributed by atoms with E-state index in [0.717, 1.165) is 19.5 Å². The minimum atomic E-state index is 0.0151. The lowest BCUT2D eigenvalue weighted by Gasteiger charge is -2.16. The minimum Gasteiger partial charge on any atom is -0.337 e. The fourth-order valence-corrected chi connectivity index (χ4v) is 2.29. The first-order valence-electron chi connectivity index (χ1n) is 5.53. The van der Waals surface area contributed by atoms with E-state index in [2.05, 4.69) is 5.32 Å². The molecule has 0 saturated carbocycles.